The Morgan fingerprint density at radius 3 is 3.00 bits per heavy atom. The van der Waals surface area contributed by atoms with Crippen LogP contribution in [0.4, 0.5) is 5.95 Å². The van der Waals surface area contributed by atoms with Crippen LogP contribution in [0, 0.1) is 0 Å². The van der Waals surface area contributed by atoms with E-state index in [1.165, 1.54) is 5.52 Å². The first-order chi connectivity index (χ1) is 7.81. The molecule has 1 aromatic heterocycles. The molecule has 1 aliphatic rings. The molecule has 0 saturated heterocycles. The molecule has 0 atom stereocenters. The van der Waals surface area contributed by atoms with Gasteiger partial charge in [-0.3, -0.25) is 4.90 Å². The van der Waals surface area contributed by atoms with E-state index in [2.05, 4.69) is 20.9 Å². The maximum absolute atomic E-state index is 5.26. The minimum Gasteiger partial charge on any atom is -0.365 e. The van der Waals surface area contributed by atoms with Crippen LogP contribution in [-0.4, -0.2) is 28.3 Å². The maximum Gasteiger partial charge on any atom is 0.213 e. The normalized spacial score (nSPS) is 14.2. The highest BCUT2D eigenvalue weighted by molar-refractivity contribution is 7.80. The molecule has 0 radical (unpaired) electrons. The molecule has 2 heterocycles. The van der Waals surface area contributed by atoms with Crippen LogP contribution in [0.25, 0.3) is 11.0 Å². The number of hydrogen-bond donors (Lipinski definition) is 1. The van der Waals surface area contributed by atoms with Crippen LogP contribution >= 0.6 is 12.2 Å². The molecule has 0 bridgehead atoms. The van der Waals surface area contributed by atoms with E-state index in [1.54, 1.807) is 0 Å². The summed E-state index contributed by atoms with van der Waals surface area (Å²) in [6.07, 6.45) is 0. The Hall–Kier alpha value is -1.62. The van der Waals surface area contributed by atoms with Crippen molar-refractivity contribution in [3.05, 3.63) is 24.3 Å². The average molecular weight is 232 g/mol. The third-order valence-corrected chi connectivity index (χ3v) is 3.31. The summed E-state index contributed by atoms with van der Waals surface area (Å²) in [7, 11) is 1.84. The lowest BCUT2D eigenvalue weighted by molar-refractivity contribution is 0.827. The molecule has 1 aliphatic heterocycles. The number of fused-ring (bicyclic) bond motifs is 3. The average Bonchev–Trinajstić information content (AvgIpc) is 2.86. The summed E-state index contributed by atoms with van der Waals surface area (Å²) in [5.74, 6) is 0.945. The molecule has 0 aliphatic carbocycles. The number of thiocarbonyl (C=S) groups is 1. The predicted octanol–water partition coefficient (Wildman–Crippen LogP) is 1.36. The standard InChI is InChI=1S/C11H12N4S/c1-12-11(16)15-7-6-14-9-5-3-2-4-8(9)13-10(14)15/h2-5H,6-7H2,1H3,(H,12,16). The van der Waals surface area contributed by atoms with Crippen molar-refractivity contribution in [3.63, 3.8) is 0 Å². The van der Waals surface area contributed by atoms with Crippen LogP contribution in [-0.2, 0) is 6.54 Å². The highest BCUT2D eigenvalue weighted by Crippen LogP contribution is 2.26. The number of para-hydroxylation sites is 2. The molecular formula is C11H12N4S. The number of aromatic nitrogens is 2. The number of imidazole rings is 1. The molecule has 4 nitrogen and oxygen atoms in total. The first kappa shape index (κ1) is 9.59. The van der Waals surface area contributed by atoms with Gasteiger partial charge in [-0.05, 0) is 24.4 Å². The zero-order chi connectivity index (χ0) is 11.1. The second-order valence-corrected chi connectivity index (χ2v) is 4.15. The summed E-state index contributed by atoms with van der Waals surface area (Å²) >= 11 is 5.26. The summed E-state index contributed by atoms with van der Waals surface area (Å²) in [6.45, 7) is 1.84. The Balaban J connectivity index is 2.16. The molecule has 0 fully saturated rings. The molecule has 0 amide bonds. The van der Waals surface area contributed by atoms with Crippen molar-refractivity contribution in [1.82, 2.24) is 14.9 Å². The van der Waals surface area contributed by atoms with Crippen LogP contribution in [0.15, 0.2) is 24.3 Å². The molecule has 0 unspecified atom stereocenters. The number of rotatable bonds is 0. The topological polar surface area (TPSA) is 33.1 Å². The number of nitrogens with zero attached hydrogens (tertiary/aromatic N) is 3. The van der Waals surface area contributed by atoms with Crippen LogP contribution in [0.5, 0.6) is 0 Å². The minimum absolute atomic E-state index is 0.731. The molecule has 82 valence electrons. The van der Waals surface area contributed by atoms with Crippen molar-refractivity contribution in [2.75, 3.05) is 18.5 Å². The highest BCUT2D eigenvalue weighted by atomic mass is 32.1. The molecule has 3 rings (SSSR count). The Morgan fingerprint density at radius 1 is 1.38 bits per heavy atom. The second kappa shape index (κ2) is 3.45. The highest BCUT2D eigenvalue weighted by Gasteiger charge is 2.25. The zero-order valence-corrected chi connectivity index (χ0v) is 9.79. The zero-order valence-electron chi connectivity index (χ0n) is 8.97. The van der Waals surface area contributed by atoms with E-state index in [1.807, 2.05) is 30.1 Å². The lowest BCUT2D eigenvalue weighted by Gasteiger charge is -2.15. The predicted molar refractivity (Wildman–Crippen MR) is 68.7 cm³/mol. The van der Waals surface area contributed by atoms with E-state index in [4.69, 9.17) is 12.2 Å². The van der Waals surface area contributed by atoms with E-state index in [-0.39, 0.29) is 0 Å². The lowest BCUT2D eigenvalue weighted by Crippen LogP contribution is -2.36. The maximum atomic E-state index is 5.26. The number of anilines is 1. The van der Waals surface area contributed by atoms with Gasteiger partial charge in [-0.15, -0.1) is 0 Å². The van der Waals surface area contributed by atoms with Crippen molar-refractivity contribution < 1.29 is 0 Å². The van der Waals surface area contributed by atoms with Crippen LogP contribution in [0.2, 0.25) is 0 Å². The van der Waals surface area contributed by atoms with Crippen molar-refractivity contribution >= 4 is 34.3 Å². The van der Waals surface area contributed by atoms with E-state index >= 15 is 0 Å². The van der Waals surface area contributed by atoms with E-state index in [9.17, 15) is 0 Å². The van der Waals surface area contributed by atoms with Gasteiger partial charge in [-0.2, -0.15) is 0 Å². The van der Waals surface area contributed by atoms with E-state index in [0.29, 0.717) is 0 Å². The van der Waals surface area contributed by atoms with Crippen molar-refractivity contribution in [2.45, 2.75) is 6.54 Å². The molecule has 0 saturated carbocycles. The van der Waals surface area contributed by atoms with Crippen LogP contribution < -0.4 is 10.2 Å². The molecule has 1 N–H and O–H groups in total. The molecule has 5 heteroatoms. The van der Waals surface area contributed by atoms with Gasteiger partial charge in [0.2, 0.25) is 5.95 Å². The molecule has 1 aromatic carbocycles. The van der Waals surface area contributed by atoms with E-state index < -0.39 is 0 Å². The monoisotopic (exact) mass is 232 g/mol. The molecule has 2 aromatic rings. The van der Waals surface area contributed by atoms with Crippen LogP contribution in [0.1, 0.15) is 0 Å². The van der Waals surface area contributed by atoms with Gasteiger partial charge in [0.15, 0.2) is 5.11 Å². The smallest absolute Gasteiger partial charge is 0.213 e. The fourth-order valence-electron chi connectivity index (χ4n) is 2.12. The van der Waals surface area contributed by atoms with Gasteiger partial charge in [0.05, 0.1) is 11.0 Å². The van der Waals surface area contributed by atoms with Gasteiger partial charge in [-0.25, -0.2) is 4.98 Å². The Labute approximate surface area is 98.9 Å². The summed E-state index contributed by atoms with van der Waals surface area (Å²) in [4.78, 5) is 6.64. The fraction of sp³-hybridized carbons (Fsp3) is 0.273. The summed E-state index contributed by atoms with van der Waals surface area (Å²) in [5, 5.41) is 3.73. The summed E-state index contributed by atoms with van der Waals surface area (Å²) < 4.78 is 2.21. The summed E-state index contributed by atoms with van der Waals surface area (Å²) in [5.41, 5.74) is 2.21. The van der Waals surface area contributed by atoms with Gasteiger partial charge >= 0.3 is 0 Å². The summed E-state index contributed by atoms with van der Waals surface area (Å²) in [6, 6.07) is 8.17. The minimum atomic E-state index is 0.731. The third kappa shape index (κ3) is 1.21. The fourth-order valence-corrected chi connectivity index (χ4v) is 2.29. The second-order valence-electron chi connectivity index (χ2n) is 3.76. The number of benzene rings is 1. The molecule has 0 spiro atoms. The van der Waals surface area contributed by atoms with E-state index in [0.717, 1.165) is 29.7 Å². The lowest BCUT2D eigenvalue weighted by atomic mass is 10.3. The van der Waals surface area contributed by atoms with Gasteiger partial charge in [0, 0.05) is 20.1 Å². The first-order valence-electron chi connectivity index (χ1n) is 5.26. The Morgan fingerprint density at radius 2 is 2.19 bits per heavy atom. The van der Waals surface area contributed by atoms with Crippen molar-refractivity contribution in [2.24, 2.45) is 0 Å². The first-order valence-corrected chi connectivity index (χ1v) is 5.66. The number of hydrogen-bond acceptors (Lipinski definition) is 2. The van der Waals surface area contributed by atoms with Gasteiger partial charge in [-0.1, -0.05) is 12.1 Å². The quantitative estimate of drug-likeness (QED) is 0.695. The third-order valence-electron chi connectivity index (χ3n) is 2.88. The van der Waals surface area contributed by atoms with Crippen LogP contribution in [0.3, 0.4) is 0 Å². The largest absolute Gasteiger partial charge is 0.365 e. The number of nitrogens with one attached hydrogen (secondary N) is 1. The SMILES string of the molecule is CNC(=S)N1CCn2c1nc1ccccc12. The van der Waals surface area contributed by atoms with Gasteiger partial charge in [0.25, 0.3) is 0 Å². The molecule has 16 heavy (non-hydrogen) atoms. The molecular weight excluding hydrogens is 220 g/mol. The van der Waals surface area contributed by atoms with Gasteiger partial charge < -0.3 is 9.88 Å². The Bertz CT molecular complexity index is 560. The van der Waals surface area contributed by atoms with Crippen molar-refractivity contribution in [1.29, 1.82) is 0 Å². The van der Waals surface area contributed by atoms with Crippen molar-refractivity contribution in [3.8, 4) is 0 Å². The Kier molecular flexibility index (Phi) is 2.07. The van der Waals surface area contributed by atoms with Gasteiger partial charge in [0.1, 0.15) is 0 Å².